The van der Waals surface area contributed by atoms with Gasteiger partial charge in [-0.1, -0.05) is 0 Å². The fourth-order valence-corrected chi connectivity index (χ4v) is 3.87. The van der Waals surface area contributed by atoms with E-state index in [0.29, 0.717) is 42.4 Å². The van der Waals surface area contributed by atoms with Gasteiger partial charge in [-0.2, -0.15) is 4.98 Å². The first-order chi connectivity index (χ1) is 14.3. The first-order valence-corrected chi connectivity index (χ1v) is 10.2. The van der Waals surface area contributed by atoms with Crippen molar-refractivity contribution in [3.63, 3.8) is 0 Å². The van der Waals surface area contributed by atoms with Gasteiger partial charge in [0.05, 0.1) is 11.3 Å². The van der Waals surface area contributed by atoms with Crippen LogP contribution in [-0.2, 0) is 11.3 Å². The molecule has 2 aromatic heterocycles. The Labute approximate surface area is 175 Å². The molecule has 0 unspecified atom stereocenters. The molecule has 9 heteroatoms. The number of nitrogens with one attached hydrogen (secondary N) is 1. The maximum atomic E-state index is 12.8. The van der Waals surface area contributed by atoms with Crippen molar-refractivity contribution in [3.05, 3.63) is 51.2 Å². The summed E-state index contributed by atoms with van der Waals surface area (Å²) in [5.74, 6) is 0.485. The van der Waals surface area contributed by atoms with Crippen molar-refractivity contribution >= 4 is 11.8 Å². The Balaban J connectivity index is 1.66. The summed E-state index contributed by atoms with van der Waals surface area (Å²) < 4.78 is 1.54. The highest BCUT2D eigenvalue weighted by Crippen LogP contribution is 2.25. The molecular weight excluding hydrogens is 384 g/mol. The molecule has 2 aromatic rings. The van der Waals surface area contributed by atoms with E-state index in [1.807, 2.05) is 17.9 Å². The molecule has 160 valence electrons. The van der Waals surface area contributed by atoms with Crippen molar-refractivity contribution in [3.8, 4) is 0 Å². The molecule has 0 spiro atoms. The predicted molar refractivity (Wildman–Crippen MR) is 111 cm³/mol. The molecule has 1 N–H and O–H groups in total. The van der Waals surface area contributed by atoms with E-state index in [1.54, 1.807) is 27.1 Å². The summed E-state index contributed by atoms with van der Waals surface area (Å²) in [4.78, 5) is 51.4. The zero-order chi connectivity index (χ0) is 21.8. The number of aryl methyl sites for hydroxylation is 3. The zero-order valence-electron chi connectivity index (χ0n) is 17.9. The lowest BCUT2D eigenvalue weighted by atomic mass is 9.96. The lowest BCUT2D eigenvalue weighted by Gasteiger charge is -2.32. The van der Waals surface area contributed by atoms with E-state index in [9.17, 15) is 14.4 Å². The number of likely N-dealkylation sites (tertiary alicyclic amines) is 1. The van der Waals surface area contributed by atoms with Crippen LogP contribution in [0.4, 0.5) is 0 Å². The van der Waals surface area contributed by atoms with Crippen LogP contribution in [0.15, 0.2) is 17.1 Å². The molecular formula is C21H28N6O3. The van der Waals surface area contributed by atoms with Gasteiger partial charge in [0.1, 0.15) is 5.82 Å². The number of hydrogen-bond acceptors (Lipinski definition) is 6. The van der Waals surface area contributed by atoms with Crippen LogP contribution in [0.1, 0.15) is 58.4 Å². The number of rotatable bonds is 5. The maximum absolute atomic E-state index is 12.8. The molecule has 1 aliphatic rings. The highest BCUT2D eigenvalue weighted by Gasteiger charge is 2.27. The molecule has 1 fully saturated rings. The Bertz CT molecular complexity index is 1020. The number of hydrogen-bond donors (Lipinski definition) is 1. The third kappa shape index (κ3) is 4.72. The van der Waals surface area contributed by atoms with Crippen LogP contribution >= 0.6 is 0 Å². The third-order valence-corrected chi connectivity index (χ3v) is 5.50. The Hall–Kier alpha value is -3.10. The Morgan fingerprint density at radius 3 is 2.67 bits per heavy atom. The number of piperidine rings is 1. The van der Waals surface area contributed by atoms with E-state index in [1.165, 1.54) is 4.57 Å². The van der Waals surface area contributed by atoms with Gasteiger partial charge < -0.3 is 10.2 Å². The fraction of sp³-hybridized carbons (Fsp3) is 0.524. The lowest BCUT2D eigenvalue weighted by molar-refractivity contribution is -0.132. The summed E-state index contributed by atoms with van der Waals surface area (Å²) in [7, 11) is 1.57. The van der Waals surface area contributed by atoms with E-state index in [4.69, 9.17) is 0 Å². The number of carbonyl (C=O) groups excluding carboxylic acids is 2. The fourth-order valence-electron chi connectivity index (χ4n) is 3.87. The topological polar surface area (TPSA) is 110 Å². The van der Waals surface area contributed by atoms with E-state index in [0.717, 1.165) is 18.5 Å². The molecule has 0 radical (unpaired) electrons. The number of aromatic nitrogens is 4. The van der Waals surface area contributed by atoms with Gasteiger partial charge in [0, 0.05) is 56.6 Å². The van der Waals surface area contributed by atoms with Crippen LogP contribution in [0.3, 0.4) is 0 Å². The minimum atomic E-state index is -0.322. The number of nitrogens with zero attached hydrogens (tertiary/aromatic N) is 5. The standard InChI is InChI=1S/C21H28N6O3/c1-13-10-14(2)27(21(30)24-13)9-7-18(28)26-8-5-6-16(12-26)19-23-11-17(15(3)25-19)20(29)22-4/h10-11,16H,5-9,12H2,1-4H3,(H,22,29)/t16-/m1/s1. The number of amides is 2. The van der Waals surface area contributed by atoms with Gasteiger partial charge in [0.15, 0.2) is 0 Å². The van der Waals surface area contributed by atoms with Crippen molar-refractivity contribution in [1.82, 2.24) is 29.7 Å². The quantitative estimate of drug-likeness (QED) is 0.788. The third-order valence-electron chi connectivity index (χ3n) is 5.50. The second-order valence-electron chi connectivity index (χ2n) is 7.71. The summed E-state index contributed by atoms with van der Waals surface area (Å²) in [6.45, 7) is 6.95. The summed E-state index contributed by atoms with van der Waals surface area (Å²) in [6, 6.07) is 1.84. The van der Waals surface area contributed by atoms with Gasteiger partial charge in [-0.15, -0.1) is 0 Å². The van der Waals surface area contributed by atoms with Crippen molar-refractivity contribution in [2.45, 2.75) is 52.5 Å². The highest BCUT2D eigenvalue weighted by molar-refractivity contribution is 5.94. The number of carbonyl (C=O) groups is 2. The van der Waals surface area contributed by atoms with Crippen molar-refractivity contribution in [2.75, 3.05) is 20.1 Å². The van der Waals surface area contributed by atoms with Crippen LogP contribution in [-0.4, -0.2) is 56.4 Å². The van der Waals surface area contributed by atoms with Gasteiger partial charge in [-0.25, -0.2) is 14.8 Å². The molecule has 1 atom stereocenters. The molecule has 0 saturated carbocycles. The molecule has 0 aromatic carbocycles. The Kier molecular flexibility index (Phi) is 6.59. The zero-order valence-corrected chi connectivity index (χ0v) is 17.9. The molecule has 3 heterocycles. The summed E-state index contributed by atoms with van der Waals surface area (Å²) in [5, 5.41) is 2.58. The molecule has 0 bridgehead atoms. The van der Waals surface area contributed by atoms with Crippen LogP contribution < -0.4 is 11.0 Å². The van der Waals surface area contributed by atoms with Crippen LogP contribution in [0, 0.1) is 20.8 Å². The minimum absolute atomic E-state index is 0.00489. The van der Waals surface area contributed by atoms with E-state index in [-0.39, 0.29) is 29.8 Å². The Morgan fingerprint density at radius 2 is 2.00 bits per heavy atom. The normalized spacial score (nSPS) is 16.4. The average molecular weight is 412 g/mol. The lowest BCUT2D eigenvalue weighted by Crippen LogP contribution is -2.40. The molecule has 30 heavy (non-hydrogen) atoms. The molecule has 1 aliphatic heterocycles. The first-order valence-electron chi connectivity index (χ1n) is 10.2. The van der Waals surface area contributed by atoms with Gasteiger partial charge in [0.2, 0.25) is 5.91 Å². The SMILES string of the molecule is CNC(=O)c1cnc([C@@H]2CCCN(C(=O)CCn3c(C)cc(C)nc3=O)C2)nc1C. The first kappa shape index (κ1) is 21.6. The van der Waals surface area contributed by atoms with Crippen LogP contribution in [0.25, 0.3) is 0 Å². The van der Waals surface area contributed by atoms with Crippen molar-refractivity contribution in [1.29, 1.82) is 0 Å². The average Bonchev–Trinajstić information content (AvgIpc) is 2.72. The summed E-state index contributed by atoms with van der Waals surface area (Å²) >= 11 is 0. The maximum Gasteiger partial charge on any atom is 0.347 e. The largest absolute Gasteiger partial charge is 0.355 e. The predicted octanol–water partition coefficient (Wildman–Crippen LogP) is 1.11. The molecule has 9 nitrogen and oxygen atoms in total. The smallest absolute Gasteiger partial charge is 0.347 e. The second-order valence-corrected chi connectivity index (χ2v) is 7.71. The van der Waals surface area contributed by atoms with Crippen molar-refractivity contribution < 1.29 is 9.59 Å². The van der Waals surface area contributed by atoms with Crippen molar-refractivity contribution in [2.24, 2.45) is 0 Å². The monoisotopic (exact) mass is 412 g/mol. The van der Waals surface area contributed by atoms with Gasteiger partial charge >= 0.3 is 5.69 Å². The summed E-state index contributed by atoms with van der Waals surface area (Å²) in [5.41, 5.74) is 2.24. The molecule has 0 aliphatic carbocycles. The van der Waals surface area contributed by atoms with E-state index in [2.05, 4.69) is 20.3 Å². The van der Waals surface area contributed by atoms with E-state index >= 15 is 0 Å². The molecule has 1 saturated heterocycles. The van der Waals surface area contributed by atoms with Gasteiger partial charge in [0.25, 0.3) is 5.91 Å². The second kappa shape index (κ2) is 9.15. The minimum Gasteiger partial charge on any atom is -0.355 e. The van der Waals surface area contributed by atoms with E-state index < -0.39 is 0 Å². The summed E-state index contributed by atoms with van der Waals surface area (Å²) in [6.07, 6.45) is 3.55. The van der Waals surface area contributed by atoms with Gasteiger partial charge in [-0.3, -0.25) is 14.2 Å². The molecule has 2 amide bonds. The van der Waals surface area contributed by atoms with Crippen LogP contribution in [0.5, 0.6) is 0 Å². The van der Waals surface area contributed by atoms with Gasteiger partial charge in [-0.05, 0) is 39.7 Å². The van der Waals surface area contributed by atoms with Crippen LogP contribution in [0.2, 0.25) is 0 Å². The Morgan fingerprint density at radius 1 is 1.23 bits per heavy atom. The molecule has 3 rings (SSSR count). The highest BCUT2D eigenvalue weighted by atomic mass is 16.2.